The normalized spacial score (nSPS) is 10.8. The van der Waals surface area contributed by atoms with Gasteiger partial charge in [-0.25, -0.2) is 4.98 Å². The van der Waals surface area contributed by atoms with E-state index < -0.39 is 10.8 Å². The number of rotatable bonds is 8. The number of halogens is 2. The lowest BCUT2D eigenvalue weighted by Gasteiger charge is -2.21. The van der Waals surface area contributed by atoms with Crippen molar-refractivity contribution < 1.29 is 14.5 Å². The first kappa shape index (κ1) is 25.8. The molecule has 0 spiro atoms. The van der Waals surface area contributed by atoms with Gasteiger partial charge in [0.05, 0.1) is 16.7 Å². The predicted octanol–water partition coefficient (Wildman–Crippen LogP) is 5.20. The van der Waals surface area contributed by atoms with Gasteiger partial charge in [0.1, 0.15) is 16.8 Å². The van der Waals surface area contributed by atoms with Crippen molar-refractivity contribution in [3.8, 4) is 5.75 Å². The average Bonchev–Trinajstić information content (AvgIpc) is 3.16. The molecule has 3 aromatic rings. The van der Waals surface area contributed by atoms with E-state index in [2.05, 4.69) is 4.98 Å². The molecule has 0 aliphatic rings. The molecule has 0 bridgehead atoms. The fraction of sp³-hybridized carbons (Fsp3) is 0.333. The summed E-state index contributed by atoms with van der Waals surface area (Å²) < 4.78 is 6.33. The molecule has 1 aromatic heterocycles. The number of thiazole rings is 1. The van der Waals surface area contributed by atoms with Crippen LogP contribution in [0.1, 0.15) is 22.3 Å². The summed E-state index contributed by atoms with van der Waals surface area (Å²) in [5, 5.41) is 12.2. The van der Waals surface area contributed by atoms with Gasteiger partial charge in [0.15, 0.2) is 5.13 Å². The number of fused-ring (bicyclic) bond motifs is 1. The van der Waals surface area contributed by atoms with Crippen LogP contribution >= 0.6 is 35.3 Å². The Kier molecular flexibility index (Phi) is 8.80. The molecule has 2 aromatic carbocycles. The highest BCUT2D eigenvalue weighted by Gasteiger charge is 2.28. The number of benzene rings is 2. The second kappa shape index (κ2) is 10.9. The van der Waals surface area contributed by atoms with Crippen LogP contribution in [-0.4, -0.2) is 55.0 Å². The number of amides is 1. The van der Waals surface area contributed by atoms with E-state index in [-0.39, 0.29) is 28.7 Å². The molecule has 0 saturated carbocycles. The number of methoxy groups -OCH3 is 1. The Morgan fingerprint density at radius 3 is 2.59 bits per heavy atom. The number of aromatic nitrogens is 1. The molecule has 0 unspecified atom stereocenters. The van der Waals surface area contributed by atoms with Crippen LogP contribution in [0, 0.1) is 17.0 Å². The van der Waals surface area contributed by atoms with Crippen LogP contribution in [0.3, 0.4) is 0 Å². The third-order valence-electron chi connectivity index (χ3n) is 4.76. The summed E-state index contributed by atoms with van der Waals surface area (Å²) in [5.74, 6) is 0.0983. The average molecular weight is 499 g/mol. The van der Waals surface area contributed by atoms with E-state index in [1.165, 1.54) is 34.4 Å². The van der Waals surface area contributed by atoms with Crippen molar-refractivity contribution in [1.82, 2.24) is 9.88 Å². The van der Waals surface area contributed by atoms with Gasteiger partial charge < -0.3 is 9.64 Å². The second-order valence-electron chi connectivity index (χ2n) is 7.29. The van der Waals surface area contributed by atoms with Crippen molar-refractivity contribution in [2.45, 2.75) is 13.3 Å². The fourth-order valence-corrected chi connectivity index (χ4v) is 4.44. The Morgan fingerprint density at radius 1 is 1.25 bits per heavy atom. The molecular formula is C21H24Cl2N4O4S. The Balaban J connectivity index is 0.00000363. The van der Waals surface area contributed by atoms with Gasteiger partial charge in [-0.05, 0) is 57.7 Å². The summed E-state index contributed by atoms with van der Waals surface area (Å²) in [6, 6.07) is 7.75. The zero-order valence-electron chi connectivity index (χ0n) is 18.1. The van der Waals surface area contributed by atoms with E-state index in [1.54, 1.807) is 7.11 Å². The van der Waals surface area contributed by atoms with Crippen molar-refractivity contribution in [2.75, 3.05) is 39.2 Å². The molecule has 0 aliphatic heterocycles. The summed E-state index contributed by atoms with van der Waals surface area (Å²) in [6.45, 7) is 3.06. The van der Waals surface area contributed by atoms with Gasteiger partial charge in [-0.15, -0.1) is 12.4 Å². The SMILES string of the molecule is COc1ccc(C)c2sc(N(CCCN(C)C)C(=O)c3cc(Cl)ccc3[N+](=O)[O-])nc12.Cl. The number of nitro groups is 1. The Hall–Kier alpha value is -2.46. The smallest absolute Gasteiger partial charge is 0.282 e. The van der Waals surface area contributed by atoms with E-state index >= 15 is 0 Å². The molecule has 32 heavy (non-hydrogen) atoms. The lowest BCUT2D eigenvalue weighted by atomic mass is 10.1. The molecule has 0 radical (unpaired) electrons. The van der Waals surface area contributed by atoms with E-state index in [1.807, 2.05) is 38.1 Å². The van der Waals surface area contributed by atoms with Crippen LogP contribution in [0.15, 0.2) is 30.3 Å². The van der Waals surface area contributed by atoms with Gasteiger partial charge in [-0.3, -0.25) is 19.8 Å². The van der Waals surface area contributed by atoms with Gasteiger partial charge in [0, 0.05) is 17.6 Å². The summed E-state index contributed by atoms with van der Waals surface area (Å²) in [6.07, 6.45) is 0.666. The summed E-state index contributed by atoms with van der Waals surface area (Å²) in [4.78, 5) is 32.6. The first-order valence-corrected chi connectivity index (χ1v) is 10.8. The van der Waals surface area contributed by atoms with Gasteiger partial charge in [-0.2, -0.15) is 0 Å². The van der Waals surface area contributed by atoms with Gasteiger partial charge in [-0.1, -0.05) is 29.0 Å². The minimum absolute atomic E-state index is 0. The van der Waals surface area contributed by atoms with Crippen LogP contribution in [0.2, 0.25) is 5.02 Å². The highest BCUT2D eigenvalue weighted by Crippen LogP contribution is 2.37. The summed E-state index contributed by atoms with van der Waals surface area (Å²) in [5.41, 5.74) is 1.31. The van der Waals surface area contributed by atoms with Crippen molar-refractivity contribution in [3.05, 3.63) is 56.6 Å². The lowest BCUT2D eigenvalue weighted by molar-refractivity contribution is -0.385. The Morgan fingerprint density at radius 2 is 1.97 bits per heavy atom. The highest BCUT2D eigenvalue weighted by molar-refractivity contribution is 7.22. The molecule has 1 heterocycles. The van der Waals surface area contributed by atoms with Gasteiger partial charge in [0.25, 0.3) is 11.6 Å². The zero-order valence-corrected chi connectivity index (χ0v) is 20.5. The molecule has 8 nitrogen and oxygen atoms in total. The van der Waals surface area contributed by atoms with Crippen molar-refractivity contribution in [3.63, 3.8) is 0 Å². The summed E-state index contributed by atoms with van der Waals surface area (Å²) in [7, 11) is 5.46. The number of hydrogen-bond acceptors (Lipinski definition) is 7. The van der Waals surface area contributed by atoms with Gasteiger partial charge in [0.2, 0.25) is 0 Å². The third kappa shape index (κ3) is 5.47. The molecule has 0 fully saturated rings. The molecule has 0 aliphatic carbocycles. The molecule has 0 atom stereocenters. The number of carbonyl (C=O) groups is 1. The molecule has 1 amide bonds. The van der Waals surface area contributed by atoms with Crippen molar-refractivity contribution >= 4 is 62.3 Å². The molecule has 0 saturated heterocycles. The highest BCUT2D eigenvalue weighted by atomic mass is 35.5. The third-order valence-corrected chi connectivity index (χ3v) is 6.21. The van der Waals surface area contributed by atoms with Crippen LogP contribution in [0.4, 0.5) is 10.8 Å². The van der Waals surface area contributed by atoms with Crippen LogP contribution in [0.25, 0.3) is 10.2 Å². The Bertz CT molecular complexity index is 1140. The maximum absolute atomic E-state index is 13.5. The van der Waals surface area contributed by atoms with E-state index in [0.29, 0.717) is 29.4 Å². The number of nitro benzene ring substituents is 1. The number of ether oxygens (including phenoxy) is 1. The van der Waals surface area contributed by atoms with E-state index in [0.717, 1.165) is 16.8 Å². The quantitative estimate of drug-likeness (QED) is 0.313. The molecule has 0 N–H and O–H groups in total. The number of carbonyl (C=O) groups excluding carboxylic acids is 1. The first-order chi connectivity index (χ1) is 14.7. The minimum Gasteiger partial charge on any atom is -0.494 e. The first-order valence-electron chi connectivity index (χ1n) is 9.57. The van der Waals surface area contributed by atoms with Crippen LogP contribution in [0.5, 0.6) is 5.75 Å². The predicted molar refractivity (Wildman–Crippen MR) is 131 cm³/mol. The molecular weight excluding hydrogens is 475 g/mol. The summed E-state index contributed by atoms with van der Waals surface area (Å²) >= 11 is 7.42. The van der Waals surface area contributed by atoms with Gasteiger partial charge >= 0.3 is 0 Å². The monoisotopic (exact) mass is 498 g/mol. The van der Waals surface area contributed by atoms with Crippen molar-refractivity contribution in [2.24, 2.45) is 0 Å². The molecule has 3 rings (SSSR count). The molecule has 11 heteroatoms. The maximum Gasteiger partial charge on any atom is 0.282 e. The largest absolute Gasteiger partial charge is 0.494 e. The number of nitrogens with zero attached hydrogens (tertiary/aromatic N) is 4. The lowest BCUT2D eigenvalue weighted by Crippen LogP contribution is -2.33. The zero-order chi connectivity index (χ0) is 22.7. The van der Waals surface area contributed by atoms with Crippen molar-refractivity contribution in [1.29, 1.82) is 0 Å². The van der Waals surface area contributed by atoms with E-state index in [9.17, 15) is 14.9 Å². The standard InChI is InChI=1S/C21H23ClN4O4S.ClH/c1-13-6-9-17(30-4)18-19(13)31-21(23-18)25(11-5-10-24(2)3)20(27)15-12-14(22)7-8-16(15)26(28)29;/h6-9,12H,5,10-11H2,1-4H3;1H. The second-order valence-corrected chi connectivity index (χ2v) is 8.71. The minimum atomic E-state index is -0.576. The number of hydrogen-bond donors (Lipinski definition) is 0. The topological polar surface area (TPSA) is 88.8 Å². The maximum atomic E-state index is 13.5. The van der Waals surface area contributed by atoms with Crippen LogP contribution in [-0.2, 0) is 0 Å². The Labute approximate surface area is 201 Å². The molecule has 172 valence electrons. The van der Waals surface area contributed by atoms with Crippen LogP contribution < -0.4 is 9.64 Å². The van der Waals surface area contributed by atoms with E-state index in [4.69, 9.17) is 16.3 Å². The fourth-order valence-electron chi connectivity index (χ4n) is 3.19. The number of anilines is 1. The number of aryl methyl sites for hydroxylation is 1.